The predicted octanol–water partition coefficient (Wildman–Crippen LogP) is 4.13. The second-order valence-electron chi connectivity index (χ2n) is 8.30. The smallest absolute Gasteiger partial charge is 0.314 e. The number of hydrogen-bond acceptors (Lipinski definition) is 8. The monoisotopic (exact) mass is 566 g/mol. The van der Waals surface area contributed by atoms with Crippen molar-refractivity contribution in [2.24, 2.45) is 5.10 Å². The van der Waals surface area contributed by atoms with E-state index in [1.807, 2.05) is 24.3 Å². The summed E-state index contributed by atoms with van der Waals surface area (Å²) in [4.78, 5) is 16.0. The van der Waals surface area contributed by atoms with Crippen LogP contribution in [0.5, 0.6) is 11.5 Å². The first kappa shape index (κ1) is 26.0. The first-order valence-corrected chi connectivity index (χ1v) is 12.3. The number of anilines is 1. The molecule has 4 N–H and O–H groups in total. The van der Waals surface area contributed by atoms with Crippen molar-refractivity contribution in [3.8, 4) is 23.0 Å². The number of amides is 1. The Morgan fingerprint density at radius 3 is 2.77 bits per heavy atom. The molecule has 0 radical (unpaired) electrons. The third kappa shape index (κ3) is 5.79. The fourth-order valence-electron chi connectivity index (χ4n) is 3.88. The molecule has 0 atom stereocenters. The zero-order valence-corrected chi connectivity index (χ0v) is 22.0. The molecule has 5 rings (SSSR count). The number of nitrogen functional groups attached to an aromatic ring is 1. The average Bonchev–Trinajstić information content (AvgIpc) is 3.51. The normalized spacial score (nSPS) is 11.3. The summed E-state index contributed by atoms with van der Waals surface area (Å²) < 4.78 is 17.8. The van der Waals surface area contributed by atoms with Crippen LogP contribution in [0.3, 0.4) is 0 Å². The van der Waals surface area contributed by atoms with Crippen molar-refractivity contribution in [1.29, 1.82) is 0 Å². The Balaban J connectivity index is 1.26. The highest BCUT2D eigenvalue weighted by molar-refractivity contribution is 6.35. The number of aromatic nitrogens is 4. The van der Waals surface area contributed by atoms with E-state index in [1.165, 1.54) is 13.3 Å². The lowest BCUT2D eigenvalue weighted by atomic mass is 10.2. The molecule has 39 heavy (non-hydrogen) atoms. The molecular weight excluding hydrogens is 545 g/mol. The number of rotatable bonds is 9. The Hall–Kier alpha value is -4.61. The first-order chi connectivity index (χ1) is 18.9. The number of nitrogens with one attached hydrogen (secondary N) is 2. The second kappa shape index (κ2) is 11.4. The van der Waals surface area contributed by atoms with Crippen LogP contribution < -0.4 is 25.2 Å². The number of hydrogen-bond donors (Lipinski definition) is 3. The molecule has 2 heterocycles. The van der Waals surface area contributed by atoms with Crippen LogP contribution in [0, 0.1) is 0 Å². The van der Waals surface area contributed by atoms with Gasteiger partial charge in [-0.3, -0.25) is 4.79 Å². The lowest BCUT2D eigenvalue weighted by molar-refractivity contribution is -0.647. The van der Waals surface area contributed by atoms with E-state index in [0.717, 1.165) is 16.6 Å². The quantitative estimate of drug-likeness (QED) is 0.138. The highest BCUT2D eigenvalue weighted by Crippen LogP contribution is 2.30. The maximum atomic E-state index is 12.8. The topological polar surface area (TPSA) is 145 Å². The Morgan fingerprint density at radius 1 is 1.15 bits per heavy atom. The van der Waals surface area contributed by atoms with Crippen molar-refractivity contribution in [3.63, 3.8) is 0 Å². The van der Waals surface area contributed by atoms with Gasteiger partial charge in [-0.1, -0.05) is 41.4 Å². The van der Waals surface area contributed by atoms with Gasteiger partial charge in [-0.2, -0.15) is 5.10 Å². The van der Waals surface area contributed by atoms with E-state index < -0.39 is 0 Å². The summed E-state index contributed by atoms with van der Waals surface area (Å²) in [6, 6.07) is 18.0. The van der Waals surface area contributed by atoms with Gasteiger partial charge in [0.05, 0.1) is 13.3 Å². The zero-order chi connectivity index (χ0) is 27.4. The summed E-state index contributed by atoms with van der Waals surface area (Å²) in [6.45, 7) is 0.172. The number of nitrogens with two attached hydrogens (primary N) is 1. The highest BCUT2D eigenvalue weighted by atomic mass is 35.5. The van der Waals surface area contributed by atoms with Gasteiger partial charge in [0.2, 0.25) is 11.5 Å². The molecule has 1 amide bonds. The van der Waals surface area contributed by atoms with Gasteiger partial charge in [-0.05, 0) is 58.3 Å². The standard InChI is InChI=1S/C26H21Cl2N7O4/c1-37-22-10-15(6-9-21(22)38-14-16-7-8-17(27)11-18(16)28)12-30-32-23(36)13-35-20-5-3-2-4-19(20)31-26(35)24-25(29)34-39-33-24/h2-12H,13-14H2,1H3,(H3,29,32,34,36)/p+1. The summed E-state index contributed by atoms with van der Waals surface area (Å²) in [5, 5.41) is 12.6. The molecule has 3 aromatic carbocycles. The van der Waals surface area contributed by atoms with E-state index in [1.54, 1.807) is 41.0 Å². The van der Waals surface area contributed by atoms with Crippen LogP contribution in [0.1, 0.15) is 11.1 Å². The van der Waals surface area contributed by atoms with Gasteiger partial charge in [0, 0.05) is 15.6 Å². The summed E-state index contributed by atoms with van der Waals surface area (Å²) in [6.07, 6.45) is 1.50. The van der Waals surface area contributed by atoms with Crippen LogP contribution >= 0.6 is 23.2 Å². The highest BCUT2D eigenvalue weighted by Gasteiger charge is 2.27. The maximum Gasteiger partial charge on any atom is 0.314 e. The Bertz CT molecular complexity index is 1680. The number of ether oxygens (including phenoxy) is 2. The van der Waals surface area contributed by atoms with Crippen LogP contribution in [0.2, 0.25) is 10.0 Å². The largest absolute Gasteiger partial charge is 0.493 e. The number of hydrazone groups is 1. The molecule has 198 valence electrons. The molecule has 0 aliphatic heterocycles. The third-order valence-corrected chi connectivity index (χ3v) is 6.33. The minimum Gasteiger partial charge on any atom is -0.493 e. The Labute approximate surface area is 232 Å². The number of methoxy groups -OCH3 is 1. The molecule has 0 unspecified atom stereocenters. The summed E-state index contributed by atoms with van der Waals surface area (Å²) >= 11 is 12.2. The number of benzene rings is 3. The number of carbonyl (C=O) groups is 1. The number of carbonyl (C=O) groups excluding carboxylic acids is 1. The van der Waals surface area contributed by atoms with Crippen molar-refractivity contribution >= 4 is 52.2 Å². The Morgan fingerprint density at radius 2 is 2.00 bits per heavy atom. The van der Waals surface area contributed by atoms with Crippen LogP contribution in [0.4, 0.5) is 5.82 Å². The lowest BCUT2D eigenvalue weighted by Crippen LogP contribution is -2.42. The van der Waals surface area contributed by atoms with Gasteiger partial charge in [0.1, 0.15) is 6.61 Å². The zero-order valence-electron chi connectivity index (χ0n) is 20.5. The lowest BCUT2D eigenvalue weighted by Gasteiger charge is -2.12. The van der Waals surface area contributed by atoms with E-state index in [4.69, 9.17) is 43.0 Å². The van der Waals surface area contributed by atoms with Crippen molar-refractivity contribution in [2.45, 2.75) is 13.2 Å². The number of halogens is 2. The van der Waals surface area contributed by atoms with Crippen LogP contribution in [-0.2, 0) is 17.9 Å². The predicted molar refractivity (Wildman–Crippen MR) is 146 cm³/mol. The molecule has 2 aromatic heterocycles. The van der Waals surface area contributed by atoms with E-state index in [9.17, 15) is 4.79 Å². The number of imidazole rings is 1. The SMILES string of the molecule is COc1cc(C=NNC(=O)C[n+]2c(-c3nonc3N)[nH]c3ccccc32)ccc1OCc1ccc(Cl)cc1Cl. The third-order valence-electron chi connectivity index (χ3n) is 5.75. The molecule has 13 heteroatoms. The molecule has 0 fully saturated rings. The number of nitrogens with zero attached hydrogens (tertiary/aromatic N) is 4. The summed E-state index contributed by atoms with van der Waals surface area (Å²) in [5.74, 6) is 1.23. The fraction of sp³-hybridized carbons (Fsp3) is 0.115. The Kier molecular flexibility index (Phi) is 7.62. The first-order valence-electron chi connectivity index (χ1n) is 11.6. The molecule has 0 bridgehead atoms. The van der Waals surface area contributed by atoms with Crippen molar-refractivity contribution in [3.05, 3.63) is 81.8 Å². The molecule has 0 aliphatic rings. The molecule has 0 spiro atoms. The van der Waals surface area contributed by atoms with Gasteiger partial charge < -0.3 is 15.2 Å². The fourth-order valence-corrected chi connectivity index (χ4v) is 4.34. The molecule has 11 nitrogen and oxygen atoms in total. The average molecular weight is 567 g/mol. The van der Waals surface area contributed by atoms with Gasteiger partial charge in [0.15, 0.2) is 29.1 Å². The maximum absolute atomic E-state index is 12.8. The molecule has 0 aliphatic carbocycles. The number of fused-ring (bicyclic) bond motifs is 1. The minimum absolute atomic E-state index is 0.0632. The van der Waals surface area contributed by atoms with E-state index in [0.29, 0.717) is 38.6 Å². The minimum atomic E-state index is -0.371. The van der Waals surface area contributed by atoms with Gasteiger partial charge in [0.25, 0.3) is 5.91 Å². The van der Waals surface area contributed by atoms with Gasteiger partial charge >= 0.3 is 5.82 Å². The number of para-hydroxylation sites is 2. The molecule has 0 saturated heterocycles. The van der Waals surface area contributed by atoms with Crippen molar-refractivity contribution in [1.82, 2.24) is 20.7 Å². The molecule has 5 aromatic rings. The summed E-state index contributed by atoms with van der Waals surface area (Å²) in [7, 11) is 1.54. The molecule has 0 saturated carbocycles. The molecular formula is C26H22Cl2N7O4+. The second-order valence-corrected chi connectivity index (χ2v) is 9.15. The van der Waals surface area contributed by atoms with Gasteiger partial charge in [-0.15, -0.1) is 0 Å². The van der Waals surface area contributed by atoms with Crippen LogP contribution in [-0.4, -0.2) is 34.5 Å². The summed E-state index contributed by atoms with van der Waals surface area (Å²) in [5.41, 5.74) is 11.8. The van der Waals surface area contributed by atoms with Crippen LogP contribution in [0.25, 0.3) is 22.6 Å². The van der Waals surface area contributed by atoms with Crippen LogP contribution in [0.15, 0.2) is 70.4 Å². The van der Waals surface area contributed by atoms with E-state index >= 15 is 0 Å². The van der Waals surface area contributed by atoms with Gasteiger partial charge in [-0.25, -0.2) is 19.6 Å². The van der Waals surface area contributed by atoms with E-state index in [-0.39, 0.29) is 24.9 Å². The number of H-pyrrole nitrogens is 1. The van der Waals surface area contributed by atoms with Crippen molar-refractivity contribution in [2.75, 3.05) is 12.8 Å². The number of aromatic amines is 1. The van der Waals surface area contributed by atoms with Crippen molar-refractivity contribution < 1.29 is 23.5 Å². The van der Waals surface area contributed by atoms with E-state index in [2.05, 4.69) is 25.8 Å².